The van der Waals surface area contributed by atoms with Crippen molar-refractivity contribution in [3.63, 3.8) is 0 Å². The predicted molar refractivity (Wildman–Crippen MR) is 64.1 cm³/mol. The Morgan fingerprint density at radius 3 is 1.23 bits per heavy atom. The summed E-state index contributed by atoms with van der Waals surface area (Å²) in [5.41, 5.74) is 0. The Hall–Kier alpha value is 1.50. The van der Waals surface area contributed by atoms with Gasteiger partial charge in [0.15, 0.2) is 0 Å². The standard InChI is InChI=1S/C9H21P.2ClH.Ni/c1-4-7-10(8-5-2)9-6-3;;;/h4-9H2,1-3H3;2*1H;/q;;;+2/p-2. The molecular weight excluding hydrogens is 269 g/mol. The Bertz CT molecular complexity index is 69.8. The molecule has 0 fully saturated rings. The molecule has 0 heterocycles. The molecule has 0 aliphatic carbocycles. The number of hydrogen-bond donors (Lipinski definition) is 0. The van der Waals surface area contributed by atoms with Crippen LogP contribution in [0.1, 0.15) is 40.0 Å². The van der Waals surface area contributed by atoms with Crippen LogP contribution in [0.5, 0.6) is 0 Å². The van der Waals surface area contributed by atoms with Gasteiger partial charge >= 0.3 is 33.0 Å². The Balaban J connectivity index is 0. The van der Waals surface area contributed by atoms with Gasteiger partial charge in [-0.05, 0) is 18.5 Å². The average Bonchev–Trinajstić information content (AvgIpc) is 2.07. The van der Waals surface area contributed by atoms with Gasteiger partial charge in [0.1, 0.15) is 0 Å². The summed E-state index contributed by atoms with van der Waals surface area (Å²) in [6.45, 7) is 6.92. The van der Waals surface area contributed by atoms with E-state index in [0.29, 0.717) is 20.6 Å². The molecule has 0 rings (SSSR count). The van der Waals surface area contributed by atoms with Gasteiger partial charge in [-0.15, -0.1) is 7.92 Å². The Kier molecular flexibility index (Phi) is 20.8. The zero-order valence-electron chi connectivity index (χ0n) is 8.76. The zero-order chi connectivity index (χ0) is 10.5. The fraction of sp³-hybridized carbons (Fsp3) is 1.00. The van der Waals surface area contributed by atoms with Gasteiger partial charge in [-0.25, -0.2) is 0 Å². The van der Waals surface area contributed by atoms with Crippen LogP contribution >= 0.6 is 28.3 Å². The van der Waals surface area contributed by atoms with Crippen molar-refractivity contribution >= 4 is 28.3 Å². The Morgan fingerprint density at radius 1 is 0.846 bits per heavy atom. The molecule has 0 bridgehead atoms. The van der Waals surface area contributed by atoms with E-state index in [1.807, 2.05) is 0 Å². The second-order valence-corrected chi connectivity index (χ2v) is 7.20. The molecule has 0 saturated heterocycles. The van der Waals surface area contributed by atoms with E-state index in [9.17, 15) is 0 Å². The molecule has 13 heavy (non-hydrogen) atoms. The van der Waals surface area contributed by atoms with E-state index in [0.717, 1.165) is 0 Å². The number of halogens is 2. The van der Waals surface area contributed by atoms with Crippen LogP contribution in [0, 0.1) is 0 Å². The molecule has 0 N–H and O–H groups in total. The van der Waals surface area contributed by atoms with Crippen molar-refractivity contribution in [3.05, 3.63) is 0 Å². The van der Waals surface area contributed by atoms with Gasteiger partial charge in [-0.1, -0.05) is 40.0 Å². The fourth-order valence-electron chi connectivity index (χ4n) is 1.28. The Morgan fingerprint density at radius 2 is 1.08 bits per heavy atom. The molecule has 0 aromatic heterocycles. The molecule has 0 radical (unpaired) electrons. The second kappa shape index (κ2) is 16.0. The minimum atomic E-state index is 0.439. The van der Waals surface area contributed by atoms with E-state index in [2.05, 4.69) is 20.8 Å². The van der Waals surface area contributed by atoms with E-state index in [1.54, 1.807) is 0 Å². The molecule has 0 saturated carbocycles. The van der Waals surface area contributed by atoms with Crippen LogP contribution in [0.4, 0.5) is 0 Å². The van der Waals surface area contributed by atoms with E-state index >= 15 is 0 Å². The summed E-state index contributed by atoms with van der Waals surface area (Å²) in [6.07, 6.45) is 8.72. The van der Waals surface area contributed by atoms with Gasteiger partial charge in [-0.2, -0.15) is 0 Å². The van der Waals surface area contributed by atoms with Crippen LogP contribution < -0.4 is 0 Å². The van der Waals surface area contributed by atoms with Crippen LogP contribution in [0.3, 0.4) is 0 Å². The number of hydrogen-bond acceptors (Lipinski definition) is 0. The van der Waals surface area contributed by atoms with Gasteiger partial charge in [0.05, 0.1) is 0 Å². The third-order valence-corrected chi connectivity index (χ3v) is 4.86. The van der Waals surface area contributed by atoms with Crippen molar-refractivity contribution < 1.29 is 12.7 Å². The van der Waals surface area contributed by atoms with Crippen molar-refractivity contribution in [3.8, 4) is 0 Å². The number of rotatable bonds is 6. The monoisotopic (exact) mass is 288 g/mol. The van der Waals surface area contributed by atoms with Crippen LogP contribution in [0.15, 0.2) is 0 Å². The van der Waals surface area contributed by atoms with Crippen LogP contribution in [0.25, 0.3) is 0 Å². The molecule has 4 heteroatoms. The van der Waals surface area contributed by atoms with E-state index < -0.39 is 0 Å². The van der Waals surface area contributed by atoms with Gasteiger partial charge in [0, 0.05) is 0 Å². The summed E-state index contributed by atoms with van der Waals surface area (Å²) in [5, 5.41) is 0. The molecule has 0 aliphatic heterocycles. The van der Waals surface area contributed by atoms with E-state index in [1.165, 1.54) is 37.7 Å². The van der Waals surface area contributed by atoms with Crippen molar-refractivity contribution in [1.82, 2.24) is 0 Å². The molecule has 0 aliphatic rings. The third-order valence-electron chi connectivity index (χ3n) is 1.62. The topological polar surface area (TPSA) is 0 Å². The summed E-state index contributed by atoms with van der Waals surface area (Å²) in [7, 11) is 9.84. The van der Waals surface area contributed by atoms with Gasteiger partial charge in [0.25, 0.3) is 0 Å². The first kappa shape index (κ1) is 16.9. The fourth-order valence-corrected chi connectivity index (χ4v) is 3.85. The summed E-state index contributed by atoms with van der Waals surface area (Å²) in [6, 6.07) is 0. The first-order valence-electron chi connectivity index (χ1n) is 4.81. The molecule has 0 aromatic carbocycles. The third kappa shape index (κ3) is 16.2. The molecule has 0 aromatic rings. The molecule has 0 amide bonds. The summed E-state index contributed by atoms with van der Waals surface area (Å²) < 4.78 is 0. The molecule has 0 nitrogen and oxygen atoms in total. The molecule has 0 atom stereocenters. The SMILES string of the molecule is CCCP(CCC)CCC.[Cl][Ni][Cl]. The van der Waals surface area contributed by atoms with Crippen molar-refractivity contribution in [2.24, 2.45) is 0 Å². The normalized spacial score (nSPS) is 10.0. The molecule has 0 unspecified atom stereocenters. The Labute approximate surface area is 99.2 Å². The zero-order valence-corrected chi connectivity index (χ0v) is 12.2. The minimum absolute atomic E-state index is 0.439. The first-order valence-corrected chi connectivity index (χ1v) is 9.42. The van der Waals surface area contributed by atoms with Crippen molar-refractivity contribution in [2.45, 2.75) is 40.0 Å². The van der Waals surface area contributed by atoms with E-state index in [-0.39, 0.29) is 0 Å². The van der Waals surface area contributed by atoms with Crippen LogP contribution in [-0.2, 0) is 12.7 Å². The maximum absolute atomic E-state index is 4.70. The summed E-state index contributed by atoms with van der Waals surface area (Å²) in [5.74, 6) is 0. The first-order chi connectivity index (χ1) is 6.26. The molecular formula is C9H21Cl2NiP. The van der Waals surface area contributed by atoms with Crippen LogP contribution in [0.2, 0.25) is 0 Å². The van der Waals surface area contributed by atoms with Crippen molar-refractivity contribution in [1.29, 1.82) is 0 Å². The summed E-state index contributed by atoms with van der Waals surface area (Å²) >= 11 is 0.569. The van der Waals surface area contributed by atoms with Gasteiger partial charge in [0.2, 0.25) is 0 Å². The second-order valence-electron chi connectivity index (χ2n) is 2.89. The maximum atomic E-state index is 4.70. The van der Waals surface area contributed by atoms with E-state index in [4.69, 9.17) is 20.4 Å². The molecule has 86 valence electrons. The summed E-state index contributed by atoms with van der Waals surface area (Å²) in [4.78, 5) is 0. The van der Waals surface area contributed by atoms with Crippen LogP contribution in [-0.4, -0.2) is 18.5 Å². The molecule has 0 spiro atoms. The van der Waals surface area contributed by atoms with Gasteiger partial charge in [-0.3, -0.25) is 0 Å². The van der Waals surface area contributed by atoms with Gasteiger partial charge < -0.3 is 0 Å². The van der Waals surface area contributed by atoms with Crippen molar-refractivity contribution in [2.75, 3.05) is 18.5 Å². The average molecular weight is 290 g/mol. The predicted octanol–water partition coefficient (Wildman–Crippen LogP) is 5.07. The quantitative estimate of drug-likeness (QED) is 0.473.